The normalized spacial score (nSPS) is 25.6. The molecule has 0 heterocycles. The van der Waals surface area contributed by atoms with Gasteiger partial charge in [-0.2, -0.15) is 0 Å². The van der Waals surface area contributed by atoms with Gasteiger partial charge in [0.25, 0.3) is 0 Å². The number of carboxylic acid groups (broad SMARTS) is 1. The third-order valence-electron chi connectivity index (χ3n) is 4.62. The Bertz CT molecular complexity index is 909. The molecule has 0 aromatic heterocycles. The Morgan fingerprint density at radius 3 is 1.92 bits per heavy atom. The van der Waals surface area contributed by atoms with E-state index in [2.05, 4.69) is 0 Å². The molecule has 0 saturated heterocycles. The molecule has 1 saturated carbocycles. The van der Waals surface area contributed by atoms with E-state index in [-0.39, 0.29) is 4.90 Å². The highest BCUT2D eigenvalue weighted by molar-refractivity contribution is 7.92. The van der Waals surface area contributed by atoms with Gasteiger partial charge >= 0.3 is 5.97 Å². The van der Waals surface area contributed by atoms with Crippen LogP contribution in [-0.2, 0) is 14.6 Å². The Hall–Kier alpha value is -1.60. The Labute approximate surface area is 154 Å². The number of aliphatic hydroxyl groups excluding tert-OH is 1. The van der Waals surface area contributed by atoms with Gasteiger partial charge in [-0.3, -0.25) is 4.79 Å². The molecular weight excluding hydrogens is 387 g/mol. The molecular formula is C17H14Cl2O5S. The first kappa shape index (κ1) is 18.2. The lowest BCUT2D eigenvalue weighted by atomic mass is 10.0. The van der Waals surface area contributed by atoms with Gasteiger partial charge in [0.1, 0.15) is 5.41 Å². The molecule has 132 valence electrons. The van der Waals surface area contributed by atoms with E-state index in [1.165, 1.54) is 24.3 Å². The highest BCUT2D eigenvalue weighted by atomic mass is 35.5. The van der Waals surface area contributed by atoms with Crippen LogP contribution in [0.4, 0.5) is 0 Å². The average Bonchev–Trinajstić information content (AvgIpc) is 3.27. The maximum atomic E-state index is 13.0. The summed E-state index contributed by atoms with van der Waals surface area (Å²) in [5.41, 5.74) is -1.28. The quantitative estimate of drug-likeness (QED) is 0.804. The van der Waals surface area contributed by atoms with E-state index >= 15 is 0 Å². The third-order valence-corrected chi connectivity index (χ3v) is 7.42. The molecule has 2 aromatic carbocycles. The van der Waals surface area contributed by atoms with E-state index in [0.717, 1.165) is 0 Å². The van der Waals surface area contributed by atoms with Gasteiger partial charge in [0.15, 0.2) is 9.84 Å². The summed E-state index contributed by atoms with van der Waals surface area (Å²) in [6.45, 7) is -0.785. The lowest BCUT2D eigenvalue weighted by Crippen LogP contribution is -2.27. The predicted molar refractivity (Wildman–Crippen MR) is 93.8 cm³/mol. The first-order valence-electron chi connectivity index (χ1n) is 7.34. The summed E-state index contributed by atoms with van der Waals surface area (Å²) < 4.78 is 26.0. The molecule has 2 N–H and O–H groups in total. The molecule has 0 spiro atoms. The SMILES string of the molecule is O=C(O)[C@@]1(CO)[C@H](S(=O)(=O)c2ccc(Cl)cc2)[C@@H]1c1ccc(Cl)cc1. The molecule has 0 radical (unpaired) electrons. The Kier molecular flexibility index (Phi) is 4.58. The number of carboxylic acids is 1. The smallest absolute Gasteiger partial charge is 0.314 e. The lowest BCUT2D eigenvalue weighted by Gasteiger charge is -2.09. The highest BCUT2D eigenvalue weighted by Crippen LogP contribution is 2.64. The Morgan fingerprint density at radius 2 is 1.48 bits per heavy atom. The second kappa shape index (κ2) is 6.29. The molecule has 0 amide bonds. The molecule has 3 rings (SSSR count). The maximum Gasteiger partial charge on any atom is 0.314 e. The second-order valence-electron chi connectivity index (χ2n) is 5.95. The van der Waals surface area contributed by atoms with Gasteiger partial charge in [-0.1, -0.05) is 35.3 Å². The van der Waals surface area contributed by atoms with Crippen molar-refractivity contribution in [1.29, 1.82) is 0 Å². The predicted octanol–water partition coefficient (Wildman–Crippen LogP) is 3.00. The zero-order valence-corrected chi connectivity index (χ0v) is 15.1. The number of hydrogen-bond acceptors (Lipinski definition) is 4. The second-order valence-corrected chi connectivity index (χ2v) is 8.89. The molecule has 0 bridgehead atoms. The summed E-state index contributed by atoms with van der Waals surface area (Å²) in [4.78, 5) is 11.8. The fraction of sp³-hybridized carbons (Fsp3) is 0.235. The highest BCUT2D eigenvalue weighted by Gasteiger charge is 2.75. The minimum Gasteiger partial charge on any atom is -0.481 e. The topological polar surface area (TPSA) is 91.7 Å². The van der Waals surface area contributed by atoms with E-state index in [1.807, 2.05) is 0 Å². The van der Waals surface area contributed by atoms with Gasteiger partial charge in [0, 0.05) is 16.0 Å². The fourth-order valence-corrected chi connectivity index (χ4v) is 5.90. The van der Waals surface area contributed by atoms with Crippen LogP contribution < -0.4 is 0 Å². The molecule has 2 aromatic rings. The van der Waals surface area contributed by atoms with Crippen LogP contribution in [0, 0.1) is 5.41 Å². The number of rotatable bonds is 5. The maximum absolute atomic E-state index is 13.0. The molecule has 8 heteroatoms. The zero-order chi connectivity index (χ0) is 18.4. The number of benzene rings is 2. The largest absolute Gasteiger partial charge is 0.481 e. The molecule has 25 heavy (non-hydrogen) atoms. The molecule has 1 aliphatic rings. The number of aliphatic carboxylic acids is 1. The van der Waals surface area contributed by atoms with Crippen LogP contribution in [0.2, 0.25) is 10.0 Å². The molecule has 0 unspecified atom stereocenters. The van der Waals surface area contributed by atoms with E-state index in [9.17, 15) is 23.4 Å². The van der Waals surface area contributed by atoms with Crippen molar-refractivity contribution in [2.24, 2.45) is 5.41 Å². The summed E-state index contributed by atoms with van der Waals surface area (Å²) in [6.07, 6.45) is 0. The van der Waals surface area contributed by atoms with Crippen LogP contribution in [-0.4, -0.2) is 36.5 Å². The Balaban J connectivity index is 2.10. The van der Waals surface area contributed by atoms with Crippen LogP contribution in [0.3, 0.4) is 0 Å². The third kappa shape index (κ3) is 2.83. The first-order valence-corrected chi connectivity index (χ1v) is 9.64. The number of sulfone groups is 1. The fourth-order valence-electron chi connectivity index (χ4n) is 3.28. The molecule has 0 aliphatic heterocycles. The van der Waals surface area contributed by atoms with Gasteiger partial charge in [-0.15, -0.1) is 0 Å². The van der Waals surface area contributed by atoms with Crippen molar-refractivity contribution in [2.45, 2.75) is 16.1 Å². The van der Waals surface area contributed by atoms with Crippen LogP contribution >= 0.6 is 23.2 Å². The van der Waals surface area contributed by atoms with Crippen molar-refractivity contribution >= 4 is 39.0 Å². The summed E-state index contributed by atoms with van der Waals surface area (Å²) in [5, 5.41) is 18.9. The number of hydrogen-bond donors (Lipinski definition) is 2. The van der Waals surface area contributed by atoms with Crippen LogP contribution in [0.5, 0.6) is 0 Å². The van der Waals surface area contributed by atoms with Crippen LogP contribution in [0.25, 0.3) is 0 Å². The molecule has 5 nitrogen and oxygen atoms in total. The van der Waals surface area contributed by atoms with Gasteiger partial charge in [-0.05, 0) is 42.0 Å². The molecule has 1 aliphatic carbocycles. The number of aliphatic hydroxyl groups is 1. The van der Waals surface area contributed by atoms with Crippen molar-refractivity contribution in [3.05, 3.63) is 64.1 Å². The molecule has 1 fully saturated rings. The Morgan fingerprint density at radius 1 is 1.00 bits per heavy atom. The lowest BCUT2D eigenvalue weighted by molar-refractivity contribution is -0.145. The minimum absolute atomic E-state index is 0.0301. The van der Waals surface area contributed by atoms with Crippen molar-refractivity contribution < 1.29 is 23.4 Å². The average molecular weight is 401 g/mol. The van der Waals surface area contributed by atoms with E-state index < -0.39 is 39.0 Å². The first-order chi connectivity index (χ1) is 11.7. The van der Waals surface area contributed by atoms with E-state index in [1.54, 1.807) is 24.3 Å². The van der Waals surface area contributed by atoms with Crippen molar-refractivity contribution in [3.8, 4) is 0 Å². The standard InChI is InChI=1S/C17H14Cl2O5S/c18-11-3-1-10(2-4-11)14-15(17(14,9-20)16(21)22)25(23,24)13-7-5-12(19)6-8-13/h1-8,14-15,20H,9H2,(H,21,22)/t14-,15+,17+/m0/s1. The zero-order valence-electron chi connectivity index (χ0n) is 12.8. The minimum atomic E-state index is -3.99. The summed E-state index contributed by atoms with van der Waals surface area (Å²) in [7, 11) is -3.99. The molecule has 3 atom stereocenters. The van der Waals surface area contributed by atoms with E-state index in [0.29, 0.717) is 15.6 Å². The summed E-state index contributed by atoms with van der Waals surface area (Å²) in [6, 6.07) is 11.8. The monoisotopic (exact) mass is 400 g/mol. The van der Waals surface area contributed by atoms with Crippen LogP contribution in [0.15, 0.2) is 53.4 Å². The number of halogens is 2. The van der Waals surface area contributed by atoms with Gasteiger partial charge in [0.2, 0.25) is 0 Å². The summed E-state index contributed by atoms with van der Waals surface area (Å²) >= 11 is 11.6. The van der Waals surface area contributed by atoms with Gasteiger partial charge < -0.3 is 10.2 Å². The summed E-state index contributed by atoms with van der Waals surface area (Å²) in [5.74, 6) is -2.22. The van der Waals surface area contributed by atoms with Gasteiger partial charge in [0.05, 0.1) is 16.8 Å². The van der Waals surface area contributed by atoms with E-state index in [4.69, 9.17) is 23.2 Å². The van der Waals surface area contributed by atoms with Gasteiger partial charge in [-0.25, -0.2) is 8.42 Å². The van der Waals surface area contributed by atoms with Crippen molar-refractivity contribution in [2.75, 3.05) is 6.61 Å². The number of carbonyl (C=O) groups is 1. The van der Waals surface area contributed by atoms with Crippen molar-refractivity contribution in [3.63, 3.8) is 0 Å². The van der Waals surface area contributed by atoms with Crippen molar-refractivity contribution in [1.82, 2.24) is 0 Å². The van der Waals surface area contributed by atoms with Crippen LogP contribution in [0.1, 0.15) is 11.5 Å².